The number of rotatable bonds is 4. The van der Waals surface area contributed by atoms with Crippen LogP contribution in [0.1, 0.15) is 18.4 Å². The Balaban J connectivity index is 1.99. The number of hydrogen-bond acceptors (Lipinski definition) is 4. The van der Waals surface area contributed by atoms with E-state index in [0.717, 1.165) is 6.42 Å². The van der Waals surface area contributed by atoms with Crippen molar-refractivity contribution in [3.05, 3.63) is 29.8 Å². The maximum Gasteiger partial charge on any atom is 0.261 e. The van der Waals surface area contributed by atoms with Crippen molar-refractivity contribution in [2.75, 3.05) is 20.2 Å². The second-order valence-electron chi connectivity index (χ2n) is 4.76. The van der Waals surface area contributed by atoms with Gasteiger partial charge in [0.05, 0.1) is 5.56 Å². The molecule has 0 radical (unpaired) electrons. The van der Waals surface area contributed by atoms with Gasteiger partial charge in [0, 0.05) is 13.6 Å². The number of likely N-dealkylation sites (N-methyl/N-ethyl adjacent to an activating group) is 1. The molecule has 21 heavy (non-hydrogen) atoms. The van der Waals surface area contributed by atoms with Crippen LogP contribution in [0.25, 0.3) is 0 Å². The molecule has 1 aliphatic heterocycles. The van der Waals surface area contributed by atoms with Gasteiger partial charge in [0.1, 0.15) is 17.9 Å². The van der Waals surface area contributed by atoms with Crippen molar-refractivity contribution in [2.24, 2.45) is 0 Å². The normalized spacial score (nSPS) is 17.1. The summed E-state index contributed by atoms with van der Waals surface area (Å²) in [5, 5.41) is 11.5. The van der Waals surface area contributed by atoms with Crippen LogP contribution in [0, 0.1) is 11.3 Å². The highest BCUT2D eigenvalue weighted by molar-refractivity contribution is 5.88. The van der Waals surface area contributed by atoms with Gasteiger partial charge in [-0.25, -0.2) is 0 Å². The minimum Gasteiger partial charge on any atom is -0.482 e. The molecule has 1 N–H and O–H groups in total. The monoisotopic (exact) mass is 287 g/mol. The number of amides is 2. The molecule has 2 rings (SSSR count). The first-order valence-corrected chi connectivity index (χ1v) is 6.80. The van der Waals surface area contributed by atoms with E-state index >= 15 is 0 Å². The molecule has 0 aromatic heterocycles. The summed E-state index contributed by atoms with van der Waals surface area (Å²) < 4.78 is 5.42. The van der Waals surface area contributed by atoms with Gasteiger partial charge in [0.2, 0.25) is 5.91 Å². The molecule has 0 aliphatic carbocycles. The van der Waals surface area contributed by atoms with E-state index in [1.54, 1.807) is 31.3 Å². The van der Waals surface area contributed by atoms with Crippen molar-refractivity contribution in [2.45, 2.75) is 18.9 Å². The van der Waals surface area contributed by atoms with E-state index < -0.39 is 6.04 Å². The number of nitrogens with zero attached hydrogens (tertiary/aromatic N) is 2. The van der Waals surface area contributed by atoms with Gasteiger partial charge in [0.15, 0.2) is 6.61 Å². The van der Waals surface area contributed by atoms with Gasteiger partial charge in [-0.15, -0.1) is 0 Å². The minimum absolute atomic E-state index is 0.154. The van der Waals surface area contributed by atoms with E-state index in [4.69, 9.17) is 10.00 Å². The van der Waals surface area contributed by atoms with Crippen molar-refractivity contribution in [1.29, 1.82) is 5.26 Å². The molecule has 2 amide bonds. The van der Waals surface area contributed by atoms with Crippen LogP contribution in [-0.2, 0) is 9.59 Å². The van der Waals surface area contributed by atoms with Crippen LogP contribution >= 0.6 is 0 Å². The summed E-state index contributed by atoms with van der Waals surface area (Å²) in [5.41, 5.74) is 0.384. The second kappa shape index (κ2) is 6.75. The molecule has 1 saturated heterocycles. The molecule has 1 aliphatic rings. The molecule has 6 nitrogen and oxygen atoms in total. The maximum atomic E-state index is 12.2. The average molecular weight is 287 g/mol. The molecule has 1 heterocycles. The quantitative estimate of drug-likeness (QED) is 0.882. The van der Waals surface area contributed by atoms with Gasteiger partial charge < -0.3 is 15.0 Å². The molecule has 1 unspecified atom stereocenters. The van der Waals surface area contributed by atoms with Crippen molar-refractivity contribution in [1.82, 2.24) is 10.2 Å². The number of carbonyl (C=O) groups is 2. The Bertz CT molecular complexity index is 580. The Hall–Kier alpha value is -2.55. The van der Waals surface area contributed by atoms with E-state index in [0.29, 0.717) is 24.3 Å². The molecule has 1 fully saturated rings. The molecule has 0 bridgehead atoms. The van der Waals surface area contributed by atoms with Crippen LogP contribution in [-0.4, -0.2) is 43.0 Å². The molecule has 6 heteroatoms. The second-order valence-corrected chi connectivity index (χ2v) is 4.76. The van der Waals surface area contributed by atoms with Crippen LogP contribution < -0.4 is 10.1 Å². The van der Waals surface area contributed by atoms with Crippen molar-refractivity contribution in [3.8, 4) is 11.8 Å². The summed E-state index contributed by atoms with van der Waals surface area (Å²) in [6.45, 7) is 0.381. The lowest BCUT2D eigenvalue weighted by Crippen LogP contribution is -2.46. The molecular weight excluding hydrogens is 270 g/mol. The number of nitrogens with one attached hydrogen (secondary N) is 1. The van der Waals surface area contributed by atoms with Crippen LogP contribution in [0.5, 0.6) is 5.75 Å². The standard InChI is InChI=1S/C15H17N3O3/c1-17-15(20)12-6-4-8-18(12)14(19)10-21-13-7-3-2-5-11(13)9-16/h2-3,5,7,12H,4,6,8,10H2,1H3,(H,17,20). The predicted octanol–water partition coefficient (Wildman–Crippen LogP) is 0.674. The molecular formula is C15H17N3O3. The lowest BCUT2D eigenvalue weighted by atomic mass is 10.2. The third-order valence-electron chi connectivity index (χ3n) is 3.48. The summed E-state index contributed by atoms with van der Waals surface area (Å²) in [6.07, 6.45) is 1.47. The minimum atomic E-state index is -0.419. The Kier molecular flexibility index (Phi) is 4.77. The van der Waals surface area contributed by atoms with Gasteiger partial charge in [-0.05, 0) is 25.0 Å². The zero-order valence-corrected chi connectivity index (χ0v) is 11.8. The third kappa shape index (κ3) is 3.31. The van der Waals surface area contributed by atoms with Crippen molar-refractivity contribution >= 4 is 11.8 Å². The fourth-order valence-corrected chi connectivity index (χ4v) is 2.41. The summed E-state index contributed by atoms with van der Waals surface area (Å²) >= 11 is 0. The topological polar surface area (TPSA) is 82.4 Å². The van der Waals surface area contributed by atoms with E-state index in [2.05, 4.69) is 5.32 Å². The molecule has 1 aromatic rings. The van der Waals surface area contributed by atoms with Crippen LogP contribution in [0.3, 0.4) is 0 Å². The summed E-state index contributed by atoms with van der Waals surface area (Å²) in [6, 6.07) is 8.34. The van der Waals surface area contributed by atoms with Crippen LogP contribution in [0.4, 0.5) is 0 Å². The Morgan fingerprint density at radius 3 is 2.95 bits per heavy atom. The lowest BCUT2D eigenvalue weighted by molar-refractivity contribution is -0.139. The first-order valence-electron chi connectivity index (χ1n) is 6.80. The Labute approximate surface area is 123 Å². The van der Waals surface area contributed by atoms with Gasteiger partial charge in [-0.3, -0.25) is 9.59 Å². The fraction of sp³-hybridized carbons (Fsp3) is 0.400. The number of ether oxygens (including phenoxy) is 1. The Morgan fingerprint density at radius 1 is 1.48 bits per heavy atom. The van der Waals surface area contributed by atoms with E-state index in [1.807, 2.05) is 6.07 Å². The fourth-order valence-electron chi connectivity index (χ4n) is 2.41. The molecule has 0 spiro atoms. The molecule has 1 aromatic carbocycles. The largest absolute Gasteiger partial charge is 0.482 e. The first-order chi connectivity index (χ1) is 10.2. The molecule has 1 atom stereocenters. The summed E-state index contributed by atoms with van der Waals surface area (Å²) in [5.74, 6) is -0.0174. The van der Waals surface area contributed by atoms with E-state index in [1.165, 1.54) is 4.90 Å². The highest BCUT2D eigenvalue weighted by Crippen LogP contribution is 2.19. The zero-order chi connectivity index (χ0) is 15.2. The number of carbonyl (C=O) groups excluding carboxylic acids is 2. The van der Waals surface area contributed by atoms with Gasteiger partial charge in [-0.1, -0.05) is 12.1 Å². The van der Waals surface area contributed by atoms with Gasteiger partial charge in [0.25, 0.3) is 5.91 Å². The van der Waals surface area contributed by atoms with Gasteiger partial charge >= 0.3 is 0 Å². The maximum absolute atomic E-state index is 12.2. The van der Waals surface area contributed by atoms with Crippen molar-refractivity contribution < 1.29 is 14.3 Å². The third-order valence-corrected chi connectivity index (χ3v) is 3.48. The van der Waals surface area contributed by atoms with Crippen LogP contribution in [0.2, 0.25) is 0 Å². The summed E-state index contributed by atoms with van der Waals surface area (Å²) in [7, 11) is 1.56. The Morgan fingerprint density at radius 2 is 2.24 bits per heavy atom. The smallest absolute Gasteiger partial charge is 0.261 e. The highest BCUT2D eigenvalue weighted by atomic mass is 16.5. The lowest BCUT2D eigenvalue weighted by Gasteiger charge is -2.23. The number of benzene rings is 1. The predicted molar refractivity (Wildman–Crippen MR) is 75.5 cm³/mol. The molecule has 0 saturated carbocycles. The van der Waals surface area contributed by atoms with Crippen LogP contribution in [0.15, 0.2) is 24.3 Å². The number of likely N-dealkylation sites (tertiary alicyclic amines) is 1. The van der Waals surface area contributed by atoms with E-state index in [-0.39, 0.29) is 18.4 Å². The van der Waals surface area contributed by atoms with Gasteiger partial charge in [-0.2, -0.15) is 5.26 Å². The zero-order valence-electron chi connectivity index (χ0n) is 11.8. The number of hydrogen-bond donors (Lipinski definition) is 1. The highest BCUT2D eigenvalue weighted by Gasteiger charge is 2.33. The number of nitriles is 1. The number of para-hydroxylation sites is 1. The average Bonchev–Trinajstić information content (AvgIpc) is 3.01. The van der Waals surface area contributed by atoms with Crippen molar-refractivity contribution in [3.63, 3.8) is 0 Å². The molecule has 110 valence electrons. The van der Waals surface area contributed by atoms with E-state index in [9.17, 15) is 9.59 Å². The summed E-state index contributed by atoms with van der Waals surface area (Å²) in [4.78, 5) is 25.4. The SMILES string of the molecule is CNC(=O)C1CCCN1C(=O)COc1ccccc1C#N. The first kappa shape index (κ1) is 14.9.